The molecule has 2 unspecified atom stereocenters. The summed E-state index contributed by atoms with van der Waals surface area (Å²) < 4.78 is 0. The van der Waals surface area contributed by atoms with E-state index in [9.17, 15) is 9.90 Å². The summed E-state index contributed by atoms with van der Waals surface area (Å²) in [6.45, 7) is 2.12. The molecule has 1 amide bonds. The van der Waals surface area contributed by atoms with Gasteiger partial charge in [0, 0.05) is 31.0 Å². The number of aliphatic hydroxyl groups excluding tert-OH is 1. The highest BCUT2D eigenvalue weighted by atomic mass is 16.3. The van der Waals surface area contributed by atoms with Crippen LogP contribution in [-0.2, 0) is 4.79 Å². The van der Waals surface area contributed by atoms with Crippen LogP contribution >= 0.6 is 0 Å². The Hall–Kier alpha value is -0.610. The van der Waals surface area contributed by atoms with Gasteiger partial charge in [-0.1, -0.05) is 0 Å². The van der Waals surface area contributed by atoms with E-state index in [4.69, 9.17) is 0 Å². The normalized spacial score (nSPS) is 49.5. The number of carbonyl (C=O) groups excluding carboxylic acids is 1. The third kappa shape index (κ3) is 2.08. The molecule has 0 aromatic heterocycles. The largest absolute Gasteiger partial charge is 0.391 e. The van der Waals surface area contributed by atoms with Crippen LogP contribution in [0.2, 0.25) is 0 Å². The Morgan fingerprint density at radius 2 is 1.70 bits per heavy atom. The van der Waals surface area contributed by atoms with E-state index in [-0.39, 0.29) is 23.3 Å². The van der Waals surface area contributed by atoms with Gasteiger partial charge in [-0.3, -0.25) is 4.79 Å². The zero-order valence-electron chi connectivity index (χ0n) is 12.1. The van der Waals surface area contributed by atoms with Gasteiger partial charge >= 0.3 is 0 Å². The molecule has 0 aromatic rings. The molecule has 20 heavy (non-hydrogen) atoms. The molecule has 4 saturated carbocycles. The van der Waals surface area contributed by atoms with Gasteiger partial charge in [-0.05, 0) is 56.3 Å². The van der Waals surface area contributed by atoms with Crippen LogP contribution in [0.25, 0.3) is 0 Å². The third-order valence-electron chi connectivity index (χ3n) is 6.35. The van der Waals surface area contributed by atoms with Crippen LogP contribution in [0.4, 0.5) is 0 Å². The molecule has 4 aliphatic carbocycles. The summed E-state index contributed by atoms with van der Waals surface area (Å²) >= 11 is 0. The number of aliphatic hydroxyl groups is 1. The molecule has 112 valence electrons. The lowest BCUT2D eigenvalue weighted by atomic mass is 9.49. The van der Waals surface area contributed by atoms with Crippen LogP contribution in [0.5, 0.6) is 0 Å². The number of rotatable bonds is 3. The van der Waals surface area contributed by atoms with Crippen molar-refractivity contribution in [2.24, 2.45) is 29.1 Å². The van der Waals surface area contributed by atoms with E-state index in [1.807, 2.05) is 0 Å². The molecule has 4 bridgehead atoms. The fourth-order valence-electron chi connectivity index (χ4n) is 5.73. The Balaban J connectivity index is 1.40. The zero-order valence-corrected chi connectivity index (χ0v) is 12.1. The number of hydrogen-bond acceptors (Lipinski definition) is 3. The zero-order chi connectivity index (χ0) is 13.7. The van der Waals surface area contributed by atoms with Gasteiger partial charge in [0.15, 0.2) is 0 Å². The van der Waals surface area contributed by atoms with E-state index < -0.39 is 0 Å². The molecule has 5 rings (SSSR count). The molecular formula is C16H26N2O2. The minimum absolute atomic E-state index is 0.0499. The fourth-order valence-corrected chi connectivity index (χ4v) is 5.73. The summed E-state index contributed by atoms with van der Waals surface area (Å²) in [5, 5.41) is 16.2. The van der Waals surface area contributed by atoms with Gasteiger partial charge in [-0.15, -0.1) is 0 Å². The summed E-state index contributed by atoms with van der Waals surface area (Å²) in [4.78, 5) is 12.7. The lowest BCUT2D eigenvalue weighted by molar-refractivity contribution is -0.146. The highest BCUT2D eigenvalue weighted by Gasteiger charge is 2.54. The van der Waals surface area contributed by atoms with E-state index in [0.717, 1.165) is 43.6 Å². The Bertz CT molecular complexity index is 374. The van der Waals surface area contributed by atoms with Gasteiger partial charge in [0.1, 0.15) is 0 Å². The molecule has 3 N–H and O–H groups in total. The van der Waals surface area contributed by atoms with E-state index in [1.54, 1.807) is 0 Å². The van der Waals surface area contributed by atoms with Crippen molar-refractivity contribution in [1.29, 1.82) is 0 Å². The van der Waals surface area contributed by atoms with Gasteiger partial charge in [0.2, 0.25) is 5.91 Å². The second kappa shape index (κ2) is 4.70. The van der Waals surface area contributed by atoms with E-state index >= 15 is 0 Å². The van der Waals surface area contributed by atoms with Crippen LogP contribution in [0.3, 0.4) is 0 Å². The minimum atomic E-state index is -0.299. The number of amides is 1. The van der Waals surface area contributed by atoms with Crippen LogP contribution in [0.15, 0.2) is 0 Å². The summed E-state index contributed by atoms with van der Waals surface area (Å²) in [5.74, 6) is 2.91. The third-order valence-corrected chi connectivity index (χ3v) is 6.35. The topological polar surface area (TPSA) is 61.4 Å². The van der Waals surface area contributed by atoms with Gasteiger partial charge < -0.3 is 15.7 Å². The Morgan fingerprint density at radius 1 is 1.10 bits per heavy atom. The maximum Gasteiger partial charge on any atom is 0.226 e. The SMILES string of the molecule is O=C(NCC1CNCC1O)C12CC3CC(CC(C3)C1)C2. The molecule has 4 nitrogen and oxygen atoms in total. The highest BCUT2D eigenvalue weighted by molar-refractivity contribution is 5.83. The predicted octanol–water partition coefficient (Wildman–Crippen LogP) is 0.899. The van der Waals surface area contributed by atoms with Crippen molar-refractivity contribution in [1.82, 2.24) is 10.6 Å². The molecule has 4 heteroatoms. The second-order valence-electron chi connectivity index (χ2n) is 7.89. The molecule has 5 aliphatic rings. The molecule has 1 saturated heterocycles. The van der Waals surface area contributed by atoms with Crippen molar-refractivity contribution in [3.63, 3.8) is 0 Å². The van der Waals surface area contributed by atoms with Crippen molar-refractivity contribution in [2.75, 3.05) is 19.6 Å². The van der Waals surface area contributed by atoms with Crippen LogP contribution in [0.1, 0.15) is 38.5 Å². The van der Waals surface area contributed by atoms with Gasteiger partial charge in [-0.2, -0.15) is 0 Å². The quantitative estimate of drug-likeness (QED) is 0.719. The molecule has 0 radical (unpaired) electrons. The molecule has 5 fully saturated rings. The maximum atomic E-state index is 12.7. The Labute approximate surface area is 120 Å². The first-order valence-corrected chi connectivity index (χ1v) is 8.32. The van der Waals surface area contributed by atoms with Gasteiger partial charge in [0.25, 0.3) is 0 Å². The highest BCUT2D eigenvalue weighted by Crippen LogP contribution is 2.60. The monoisotopic (exact) mass is 278 g/mol. The molecule has 1 aliphatic heterocycles. The lowest BCUT2D eigenvalue weighted by Gasteiger charge is -2.55. The summed E-state index contributed by atoms with van der Waals surface area (Å²) in [5.41, 5.74) is -0.0499. The smallest absolute Gasteiger partial charge is 0.226 e. The summed E-state index contributed by atoms with van der Waals surface area (Å²) in [6, 6.07) is 0. The molecule has 0 aromatic carbocycles. The molecule has 2 atom stereocenters. The lowest BCUT2D eigenvalue weighted by Crippen LogP contribution is -2.54. The van der Waals surface area contributed by atoms with Gasteiger partial charge in [-0.25, -0.2) is 0 Å². The summed E-state index contributed by atoms with van der Waals surface area (Å²) in [6.07, 6.45) is 7.18. The second-order valence-corrected chi connectivity index (χ2v) is 7.89. The van der Waals surface area contributed by atoms with Crippen molar-refractivity contribution in [3.05, 3.63) is 0 Å². The molecular weight excluding hydrogens is 252 g/mol. The first-order valence-electron chi connectivity index (χ1n) is 8.32. The predicted molar refractivity (Wildman–Crippen MR) is 76.0 cm³/mol. The van der Waals surface area contributed by atoms with Crippen molar-refractivity contribution >= 4 is 5.91 Å². The maximum absolute atomic E-state index is 12.7. The van der Waals surface area contributed by atoms with Crippen LogP contribution in [0, 0.1) is 29.1 Å². The molecule has 0 spiro atoms. The van der Waals surface area contributed by atoms with E-state index in [1.165, 1.54) is 19.3 Å². The first kappa shape index (κ1) is 13.1. The van der Waals surface area contributed by atoms with Crippen molar-refractivity contribution in [3.8, 4) is 0 Å². The first-order chi connectivity index (χ1) is 9.64. The number of carbonyl (C=O) groups is 1. The standard InChI is InChI=1S/C16H26N2O2/c19-14-9-17-7-13(14)8-18-15(20)16-4-10-1-11(5-16)3-12(2-10)6-16/h10-14,17,19H,1-9H2,(H,18,20). The van der Waals surface area contributed by atoms with Gasteiger partial charge in [0.05, 0.1) is 6.10 Å². The Kier molecular flexibility index (Phi) is 3.08. The number of hydrogen-bond donors (Lipinski definition) is 3. The van der Waals surface area contributed by atoms with Crippen molar-refractivity contribution in [2.45, 2.75) is 44.6 Å². The van der Waals surface area contributed by atoms with Crippen molar-refractivity contribution < 1.29 is 9.90 Å². The average Bonchev–Trinajstić information content (AvgIpc) is 2.80. The number of β-amino-alcohol motifs (C(OH)–C–C–N with tert-alkyl or cyclic N) is 1. The fraction of sp³-hybridized carbons (Fsp3) is 0.938. The summed E-state index contributed by atoms with van der Waals surface area (Å²) in [7, 11) is 0. The Morgan fingerprint density at radius 3 is 2.20 bits per heavy atom. The molecule has 1 heterocycles. The van der Waals surface area contributed by atoms with Crippen LogP contribution < -0.4 is 10.6 Å². The number of nitrogens with one attached hydrogen (secondary N) is 2. The average molecular weight is 278 g/mol. The van der Waals surface area contributed by atoms with E-state index in [0.29, 0.717) is 13.1 Å². The van der Waals surface area contributed by atoms with E-state index in [2.05, 4.69) is 10.6 Å². The van der Waals surface area contributed by atoms with Crippen LogP contribution in [-0.4, -0.2) is 36.8 Å². The minimum Gasteiger partial charge on any atom is -0.391 e.